The summed E-state index contributed by atoms with van der Waals surface area (Å²) >= 11 is 0. The number of benzene rings is 1. The Morgan fingerprint density at radius 1 is 1.39 bits per heavy atom. The summed E-state index contributed by atoms with van der Waals surface area (Å²) in [5, 5.41) is 6.44. The molecule has 0 bridgehead atoms. The molecule has 1 aliphatic heterocycles. The van der Waals surface area contributed by atoms with E-state index in [2.05, 4.69) is 21.7 Å². The summed E-state index contributed by atoms with van der Waals surface area (Å²) in [6.45, 7) is 3.90. The number of imidazole rings is 1. The molecule has 3 rings (SSSR count). The fourth-order valence-corrected chi connectivity index (χ4v) is 2.87. The van der Waals surface area contributed by atoms with E-state index in [9.17, 15) is 4.79 Å². The van der Waals surface area contributed by atoms with E-state index < -0.39 is 0 Å². The molecule has 23 heavy (non-hydrogen) atoms. The number of hydrogen-bond acceptors (Lipinski definition) is 3. The normalized spacial score (nSPS) is 16.4. The van der Waals surface area contributed by atoms with E-state index in [0.29, 0.717) is 0 Å². The monoisotopic (exact) mass is 334 g/mol. The average molecular weight is 335 g/mol. The number of carbonyl (C=O) groups excluding carboxylic acids is 1. The highest BCUT2D eigenvalue weighted by molar-refractivity contribution is 5.85. The third kappa shape index (κ3) is 4.33. The fraction of sp³-hybridized carbons (Fsp3) is 0.412. The number of nitrogens with one attached hydrogen (secondary N) is 2. The first-order valence-electron chi connectivity index (χ1n) is 7.83. The van der Waals surface area contributed by atoms with Gasteiger partial charge in [-0.15, -0.1) is 12.4 Å². The van der Waals surface area contributed by atoms with Crippen LogP contribution in [0.5, 0.6) is 0 Å². The summed E-state index contributed by atoms with van der Waals surface area (Å²) in [7, 11) is 0. The van der Waals surface area contributed by atoms with Gasteiger partial charge in [-0.2, -0.15) is 0 Å². The fourth-order valence-electron chi connectivity index (χ4n) is 2.87. The maximum Gasteiger partial charge on any atom is 0.223 e. The van der Waals surface area contributed by atoms with Gasteiger partial charge in [-0.1, -0.05) is 12.1 Å². The van der Waals surface area contributed by atoms with E-state index >= 15 is 0 Å². The molecule has 1 atom stereocenters. The smallest absolute Gasteiger partial charge is 0.223 e. The lowest BCUT2D eigenvalue weighted by Gasteiger charge is -2.24. The zero-order valence-electron chi connectivity index (χ0n) is 13.2. The molecule has 1 saturated heterocycles. The second kappa shape index (κ2) is 8.13. The second-order valence-electron chi connectivity index (χ2n) is 5.82. The van der Waals surface area contributed by atoms with Crippen molar-refractivity contribution in [1.82, 2.24) is 20.2 Å². The number of rotatable bonds is 4. The summed E-state index contributed by atoms with van der Waals surface area (Å²) in [5.41, 5.74) is 2.16. The second-order valence-corrected chi connectivity index (χ2v) is 5.82. The van der Waals surface area contributed by atoms with Gasteiger partial charge in [-0.3, -0.25) is 4.79 Å². The van der Waals surface area contributed by atoms with Crippen LogP contribution in [-0.2, 0) is 4.79 Å². The molecule has 0 spiro atoms. The number of amides is 1. The third-order valence-electron chi connectivity index (χ3n) is 4.24. The van der Waals surface area contributed by atoms with Crippen molar-refractivity contribution in [2.45, 2.75) is 25.8 Å². The van der Waals surface area contributed by atoms with Gasteiger partial charge >= 0.3 is 0 Å². The molecule has 1 unspecified atom stereocenters. The molecule has 1 fully saturated rings. The standard InChI is InChI=1S/C17H22N4O.ClH/c1-13(20-17(22)14-5-7-18-8-6-14)15-3-2-4-16(11-15)21-10-9-19-12-21;/h2-4,9-14,18H,5-8H2,1H3,(H,20,22);1H. The van der Waals surface area contributed by atoms with Crippen molar-refractivity contribution in [3.05, 3.63) is 48.5 Å². The van der Waals surface area contributed by atoms with E-state index in [0.717, 1.165) is 37.2 Å². The van der Waals surface area contributed by atoms with Gasteiger partial charge in [0.2, 0.25) is 5.91 Å². The van der Waals surface area contributed by atoms with Crippen molar-refractivity contribution in [2.75, 3.05) is 13.1 Å². The van der Waals surface area contributed by atoms with Crippen molar-refractivity contribution < 1.29 is 4.79 Å². The molecule has 0 radical (unpaired) electrons. The van der Waals surface area contributed by atoms with Crippen molar-refractivity contribution in [3.63, 3.8) is 0 Å². The van der Waals surface area contributed by atoms with Gasteiger partial charge in [0.05, 0.1) is 12.4 Å². The maximum absolute atomic E-state index is 12.3. The summed E-state index contributed by atoms with van der Waals surface area (Å²) < 4.78 is 1.96. The van der Waals surface area contributed by atoms with Crippen LogP contribution in [0.25, 0.3) is 5.69 Å². The number of carbonyl (C=O) groups is 1. The van der Waals surface area contributed by atoms with Crippen LogP contribution in [0, 0.1) is 5.92 Å². The molecule has 1 amide bonds. The van der Waals surface area contributed by atoms with Gasteiger partial charge in [0, 0.05) is 24.0 Å². The maximum atomic E-state index is 12.3. The highest BCUT2D eigenvalue weighted by Gasteiger charge is 2.22. The van der Waals surface area contributed by atoms with Crippen molar-refractivity contribution >= 4 is 18.3 Å². The van der Waals surface area contributed by atoms with Gasteiger partial charge < -0.3 is 15.2 Å². The molecule has 1 aromatic carbocycles. The van der Waals surface area contributed by atoms with Crippen LogP contribution in [-0.4, -0.2) is 28.5 Å². The van der Waals surface area contributed by atoms with Crippen LogP contribution < -0.4 is 10.6 Å². The average Bonchev–Trinajstić information content (AvgIpc) is 3.10. The highest BCUT2D eigenvalue weighted by Crippen LogP contribution is 2.19. The Morgan fingerprint density at radius 2 is 2.17 bits per heavy atom. The topological polar surface area (TPSA) is 59.0 Å². The zero-order valence-corrected chi connectivity index (χ0v) is 14.1. The molecule has 1 aliphatic rings. The zero-order chi connectivity index (χ0) is 15.4. The predicted octanol–water partition coefficient (Wildman–Crippen LogP) is 2.47. The summed E-state index contributed by atoms with van der Waals surface area (Å²) in [6, 6.07) is 8.19. The number of nitrogens with zero attached hydrogens (tertiary/aromatic N) is 2. The Balaban J connectivity index is 0.00000192. The first-order chi connectivity index (χ1) is 10.7. The first kappa shape index (κ1) is 17.5. The molecule has 124 valence electrons. The summed E-state index contributed by atoms with van der Waals surface area (Å²) in [5.74, 6) is 0.308. The summed E-state index contributed by atoms with van der Waals surface area (Å²) in [6.07, 6.45) is 7.30. The molecule has 5 nitrogen and oxygen atoms in total. The van der Waals surface area contributed by atoms with E-state index in [-0.39, 0.29) is 30.3 Å². The Bertz CT molecular complexity index is 623. The Labute approximate surface area is 142 Å². The minimum Gasteiger partial charge on any atom is -0.349 e. The lowest BCUT2D eigenvalue weighted by molar-refractivity contribution is -0.126. The number of hydrogen-bond donors (Lipinski definition) is 2. The van der Waals surface area contributed by atoms with Gasteiger partial charge in [0.25, 0.3) is 0 Å². The van der Waals surface area contributed by atoms with Gasteiger partial charge in [0.1, 0.15) is 0 Å². The Kier molecular flexibility index (Phi) is 6.19. The van der Waals surface area contributed by atoms with Crippen LogP contribution in [0.3, 0.4) is 0 Å². The van der Waals surface area contributed by atoms with Crippen LogP contribution in [0.2, 0.25) is 0 Å². The van der Waals surface area contributed by atoms with E-state index in [1.807, 2.05) is 35.9 Å². The molecule has 2 heterocycles. The molecule has 0 saturated carbocycles. The SMILES string of the molecule is CC(NC(=O)C1CCNCC1)c1cccc(-n2ccnc2)c1.Cl. The molecule has 0 aliphatic carbocycles. The molecular weight excluding hydrogens is 312 g/mol. The van der Waals surface area contributed by atoms with Crippen LogP contribution in [0.4, 0.5) is 0 Å². The number of piperidine rings is 1. The highest BCUT2D eigenvalue weighted by atomic mass is 35.5. The molecule has 2 N–H and O–H groups in total. The van der Waals surface area contributed by atoms with Gasteiger partial charge in [0.15, 0.2) is 0 Å². The summed E-state index contributed by atoms with van der Waals surface area (Å²) in [4.78, 5) is 16.4. The minimum atomic E-state index is 0. The predicted molar refractivity (Wildman–Crippen MR) is 93.0 cm³/mol. The molecular formula is C17H23ClN4O. The van der Waals surface area contributed by atoms with Crippen molar-refractivity contribution in [1.29, 1.82) is 0 Å². The lowest BCUT2D eigenvalue weighted by atomic mass is 9.96. The van der Waals surface area contributed by atoms with E-state index in [1.165, 1.54) is 0 Å². The quantitative estimate of drug-likeness (QED) is 0.903. The van der Waals surface area contributed by atoms with Crippen LogP contribution in [0.15, 0.2) is 43.0 Å². The molecule has 2 aromatic rings. The van der Waals surface area contributed by atoms with E-state index in [4.69, 9.17) is 0 Å². The van der Waals surface area contributed by atoms with E-state index in [1.54, 1.807) is 12.5 Å². The molecule has 1 aromatic heterocycles. The van der Waals surface area contributed by atoms with Gasteiger partial charge in [-0.25, -0.2) is 4.98 Å². The third-order valence-corrected chi connectivity index (χ3v) is 4.24. The number of aromatic nitrogens is 2. The Morgan fingerprint density at radius 3 is 2.87 bits per heavy atom. The number of halogens is 1. The van der Waals surface area contributed by atoms with Crippen LogP contribution >= 0.6 is 12.4 Å². The minimum absolute atomic E-state index is 0. The molecule has 6 heteroatoms. The Hall–Kier alpha value is -1.85. The van der Waals surface area contributed by atoms with Crippen molar-refractivity contribution in [2.24, 2.45) is 5.92 Å². The van der Waals surface area contributed by atoms with Crippen molar-refractivity contribution in [3.8, 4) is 5.69 Å². The van der Waals surface area contributed by atoms with Crippen LogP contribution in [0.1, 0.15) is 31.4 Å². The largest absolute Gasteiger partial charge is 0.349 e. The van der Waals surface area contributed by atoms with Gasteiger partial charge in [-0.05, 0) is 50.6 Å². The lowest BCUT2D eigenvalue weighted by Crippen LogP contribution is -2.39. The first-order valence-corrected chi connectivity index (χ1v) is 7.83.